The van der Waals surface area contributed by atoms with E-state index in [1.807, 2.05) is 48.5 Å². The zero-order chi connectivity index (χ0) is 12.5. The molecule has 0 unspecified atom stereocenters. The second kappa shape index (κ2) is 4.00. The molecule has 4 nitrogen and oxygen atoms in total. The quantitative estimate of drug-likeness (QED) is 0.625. The molecule has 2 aromatic carbocycles. The molecule has 0 fully saturated rings. The number of hydrogen-bond acceptors (Lipinski definition) is 2. The fraction of sp³-hybridized carbons (Fsp3) is 0. The number of rotatable bonds is 1. The summed E-state index contributed by atoms with van der Waals surface area (Å²) in [7, 11) is 0. The molecule has 0 saturated heterocycles. The molecular weight excluding hydrogens is 226 g/mol. The first-order chi connectivity index (χ1) is 8.77. The number of nitrogens with one attached hydrogen (secondary N) is 1. The van der Waals surface area contributed by atoms with Crippen LogP contribution in [0.25, 0.3) is 11.1 Å². The molecule has 4 heteroatoms. The van der Waals surface area contributed by atoms with Crippen LogP contribution < -0.4 is 11.2 Å². The van der Waals surface area contributed by atoms with Crippen molar-refractivity contribution in [3.8, 4) is 11.1 Å². The number of carbonyl (C=O) groups is 1. The van der Waals surface area contributed by atoms with Gasteiger partial charge >= 0.3 is 6.03 Å². The Labute approximate surface area is 104 Å². The van der Waals surface area contributed by atoms with E-state index in [9.17, 15) is 4.79 Å². The topological polar surface area (TPSA) is 67.5 Å². The van der Waals surface area contributed by atoms with Crippen molar-refractivity contribution in [3.05, 3.63) is 59.7 Å². The van der Waals surface area contributed by atoms with Gasteiger partial charge in [-0.3, -0.25) is 0 Å². The zero-order valence-electron chi connectivity index (χ0n) is 9.55. The molecule has 0 bridgehead atoms. The predicted molar refractivity (Wildman–Crippen MR) is 70.2 cm³/mol. The molecule has 3 N–H and O–H groups in total. The molecule has 18 heavy (non-hydrogen) atoms. The second-order valence-electron chi connectivity index (χ2n) is 4.03. The summed E-state index contributed by atoms with van der Waals surface area (Å²) in [5.41, 5.74) is 12.4. The summed E-state index contributed by atoms with van der Waals surface area (Å²) < 4.78 is 0. The van der Waals surface area contributed by atoms with E-state index in [2.05, 4.69) is 10.5 Å². The maximum absolute atomic E-state index is 10.8. The number of primary amides is 1. The van der Waals surface area contributed by atoms with Crippen LogP contribution in [0.15, 0.2) is 53.6 Å². The third-order valence-electron chi connectivity index (χ3n) is 2.93. The lowest BCUT2D eigenvalue weighted by atomic mass is 10.1. The highest BCUT2D eigenvalue weighted by Gasteiger charge is 2.23. The minimum absolute atomic E-state index is 0.663. The van der Waals surface area contributed by atoms with E-state index in [-0.39, 0.29) is 0 Å². The molecule has 0 saturated carbocycles. The maximum Gasteiger partial charge on any atom is 0.332 e. The largest absolute Gasteiger partial charge is 0.350 e. The SMILES string of the molecule is NC(=O)NN=C1c2ccccc2-c2ccccc21. The van der Waals surface area contributed by atoms with Crippen molar-refractivity contribution in [2.45, 2.75) is 0 Å². The summed E-state index contributed by atoms with van der Waals surface area (Å²) in [6, 6.07) is 15.3. The molecule has 0 radical (unpaired) electrons. The van der Waals surface area contributed by atoms with E-state index < -0.39 is 6.03 Å². The minimum Gasteiger partial charge on any atom is -0.350 e. The van der Waals surface area contributed by atoms with Gasteiger partial charge in [0.25, 0.3) is 0 Å². The molecule has 3 rings (SSSR count). The fourth-order valence-electron chi connectivity index (χ4n) is 2.23. The summed E-state index contributed by atoms with van der Waals surface area (Å²) in [4.78, 5) is 10.8. The highest BCUT2D eigenvalue weighted by Crippen LogP contribution is 2.36. The molecule has 0 aliphatic heterocycles. The van der Waals surface area contributed by atoms with Crippen molar-refractivity contribution in [1.82, 2.24) is 5.43 Å². The number of urea groups is 1. The van der Waals surface area contributed by atoms with Gasteiger partial charge in [0.1, 0.15) is 0 Å². The number of benzene rings is 2. The average Bonchev–Trinajstić information content (AvgIpc) is 2.71. The highest BCUT2D eigenvalue weighted by atomic mass is 16.2. The average molecular weight is 237 g/mol. The van der Waals surface area contributed by atoms with Gasteiger partial charge in [-0.1, -0.05) is 48.5 Å². The number of hydrogen-bond donors (Lipinski definition) is 2. The van der Waals surface area contributed by atoms with Crippen LogP contribution in [-0.2, 0) is 0 Å². The molecule has 2 aromatic rings. The molecule has 0 heterocycles. The Hall–Kier alpha value is -2.62. The summed E-state index contributed by atoms with van der Waals surface area (Å²) in [6.45, 7) is 0. The van der Waals surface area contributed by atoms with Crippen LogP contribution >= 0.6 is 0 Å². The van der Waals surface area contributed by atoms with Gasteiger partial charge < -0.3 is 5.73 Å². The van der Waals surface area contributed by atoms with Crippen LogP contribution in [0.3, 0.4) is 0 Å². The van der Waals surface area contributed by atoms with Crippen molar-refractivity contribution in [1.29, 1.82) is 0 Å². The standard InChI is InChI=1S/C14H11N3O/c15-14(18)17-16-13-11-7-3-1-5-9(11)10-6-2-4-8-12(10)13/h1-8H,(H3,15,17,18). The van der Waals surface area contributed by atoms with Gasteiger partial charge in [0.15, 0.2) is 0 Å². The Morgan fingerprint density at radius 3 is 1.78 bits per heavy atom. The molecule has 1 aliphatic carbocycles. The van der Waals surface area contributed by atoms with E-state index in [1.54, 1.807) is 0 Å². The monoisotopic (exact) mass is 237 g/mol. The highest BCUT2D eigenvalue weighted by molar-refractivity contribution is 6.24. The Bertz CT molecular complexity index is 614. The molecule has 0 spiro atoms. The number of nitrogens with zero attached hydrogens (tertiary/aromatic N) is 1. The smallest absolute Gasteiger partial charge is 0.332 e. The lowest BCUT2D eigenvalue weighted by Gasteiger charge is -2.00. The number of fused-ring (bicyclic) bond motifs is 3. The van der Waals surface area contributed by atoms with Crippen molar-refractivity contribution in [2.75, 3.05) is 0 Å². The minimum atomic E-state index is -0.663. The third-order valence-corrected chi connectivity index (χ3v) is 2.93. The number of carbonyl (C=O) groups excluding carboxylic acids is 1. The van der Waals surface area contributed by atoms with Crippen LogP contribution in [0.2, 0.25) is 0 Å². The van der Waals surface area contributed by atoms with Gasteiger partial charge in [0.05, 0.1) is 5.71 Å². The van der Waals surface area contributed by atoms with Gasteiger partial charge in [-0.25, -0.2) is 10.2 Å². The number of hydrazone groups is 1. The lowest BCUT2D eigenvalue weighted by Crippen LogP contribution is -2.25. The molecule has 0 atom stereocenters. The Morgan fingerprint density at radius 1 is 0.889 bits per heavy atom. The number of nitrogens with two attached hydrogens (primary N) is 1. The summed E-state index contributed by atoms with van der Waals surface area (Å²) in [5, 5.41) is 4.10. The predicted octanol–water partition coefficient (Wildman–Crippen LogP) is 2.09. The van der Waals surface area contributed by atoms with Gasteiger partial charge in [-0.2, -0.15) is 5.10 Å². The maximum atomic E-state index is 10.8. The lowest BCUT2D eigenvalue weighted by molar-refractivity contribution is 0.249. The van der Waals surface area contributed by atoms with Crippen LogP contribution in [0.5, 0.6) is 0 Å². The summed E-state index contributed by atoms with van der Waals surface area (Å²) in [5.74, 6) is 0. The summed E-state index contributed by atoms with van der Waals surface area (Å²) >= 11 is 0. The normalized spacial score (nSPS) is 11.7. The van der Waals surface area contributed by atoms with E-state index in [4.69, 9.17) is 5.73 Å². The van der Waals surface area contributed by atoms with E-state index >= 15 is 0 Å². The Kier molecular flexibility index (Phi) is 2.34. The van der Waals surface area contributed by atoms with Gasteiger partial charge in [-0.05, 0) is 11.1 Å². The first-order valence-electron chi connectivity index (χ1n) is 5.59. The van der Waals surface area contributed by atoms with Crippen molar-refractivity contribution in [3.63, 3.8) is 0 Å². The van der Waals surface area contributed by atoms with E-state index in [1.165, 1.54) is 0 Å². The van der Waals surface area contributed by atoms with Gasteiger partial charge in [-0.15, -0.1) is 0 Å². The molecule has 1 aliphatic rings. The molecule has 2 amide bonds. The first kappa shape index (κ1) is 10.5. The Morgan fingerprint density at radius 2 is 1.33 bits per heavy atom. The number of amides is 2. The van der Waals surface area contributed by atoms with E-state index in [0.29, 0.717) is 0 Å². The fourth-order valence-corrected chi connectivity index (χ4v) is 2.23. The molecule has 0 aromatic heterocycles. The van der Waals surface area contributed by atoms with Crippen LogP contribution in [0, 0.1) is 0 Å². The van der Waals surface area contributed by atoms with Crippen molar-refractivity contribution < 1.29 is 4.79 Å². The first-order valence-corrected chi connectivity index (χ1v) is 5.59. The van der Waals surface area contributed by atoms with Crippen molar-refractivity contribution in [2.24, 2.45) is 10.8 Å². The zero-order valence-corrected chi connectivity index (χ0v) is 9.55. The third kappa shape index (κ3) is 1.55. The van der Waals surface area contributed by atoms with Crippen molar-refractivity contribution >= 4 is 11.7 Å². The molecule has 88 valence electrons. The molecular formula is C14H11N3O. The van der Waals surface area contributed by atoms with Crippen LogP contribution in [0.1, 0.15) is 11.1 Å². The van der Waals surface area contributed by atoms with Gasteiger partial charge in [0, 0.05) is 11.1 Å². The Balaban J connectivity index is 2.21. The van der Waals surface area contributed by atoms with Crippen LogP contribution in [-0.4, -0.2) is 11.7 Å². The second-order valence-corrected chi connectivity index (χ2v) is 4.03. The van der Waals surface area contributed by atoms with E-state index in [0.717, 1.165) is 28.0 Å². The van der Waals surface area contributed by atoms with Crippen LogP contribution in [0.4, 0.5) is 4.79 Å². The van der Waals surface area contributed by atoms with Gasteiger partial charge in [0.2, 0.25) is 0 Å². The summed E-state index contributed by atoms with van der Waals surface area (Å²) in [6.07, 6.45) is 0.